The number of benzene rings is 1. The van der Waals surface area contributed by atoms with E-state index in [1.807, 2.05) is 11.5 Å². The highest BCUT2D eigenvalue weighted by molar-refractivity contribution is 7.80. The number of aromatic nitrogens is 1. The predicted molar refractivity (Wildman–Crippen MR) is 75.0 cm³/mol. The van der Waals surface area contributed by atoms with Crippen LogP contribution in [0.1, 0.15) is 29.8 Å². The molecule has 0 radical (unpaired) electrons. The summed E-state index contributed by atoms with van der Waals surface area (Å²) in [5, 5.41) is 8.98. The van der Waals surface area contributed by atoms with E-state index in [0.717, 1.165) is 5.69 Å². The molecule has 6 heteroatoms. The maximum Gasteiger partial charge on any atom is 0.418 e. The molecule has 0 aliphatic carbocycles. The Kier molecular flexibility index (Phi) is 3.74. The Labute approximate surface area is 120 Å². The molecule has 0 N–H and O–H groups in total. The maximum absolute atomic E-state index is 13.2. The van der Waals surface area contributed by atoms with Crippen LogP contribution in [-0.2, 0) is 6.18 Å². The van der Waals surface area contributed by atoms with Gasteiger partial charge >= 0.3 is 6.18 Å². The third kappa shape index (κ3) is 2.27. The van der Waals surface area contributed by atoms with Crippen LogP contribution in [-0.4, -0.2) is 10.3 Å². The van der Waals surface area contributed by atoms with Crippen molar-refractivity contribution in [2.24, 2.45) is 0 Å². The normalized spacial score (nSPS) is 13.4. The number of hydrogen-bond donors (Lipinski definition) is 1. The van der Waals surface area contributed by atoms with Crippen molar-refractivity contribution in [2.45, 2.75) is 26.1 Å². The minimum Gasteiger partial charge on any atom is -0.341 e. The minimum absolute atomic E-state index is 0.0233. The number of rotatable bonds is 2. The molecule has 1 aromatic heterocycles. The zero-order chi connectivity index (χ0) is 15.1. The van der Waals surface area contributed by atoms with Crippen LogP contribution in [0.25, 0.3) is 10.9 Å². The van der Waals surface area contributed by atoms with Crippen molar-refractivity contribution < 1.29 is 13.2 Å². The van der Waals surface area contributed by atoms with E-state index >= 15 is 0 Å². The first-order chi connectivity index (χ1) is 9.31. The summed E-state index contributed by atoms with van der Waals surface area (Å²) in [4.78, 5) is 0. The highest BCUT2D eigenvalue weighted by atomic mass is 32.1. The Morgan fingerprint density at radius 2 is 2.05 bits per heavy atom. The minimum atomic E-state index is -4.55. The van der Waals surface area contributed by atoms with Gasteiger partial charge in [-0.05, 0) is 32.0 Å². The van der Waals surface area contributed by atoms with Gasteiger partial charge in [0.05, 0.1) is 17.2 Å². The van der Waals surface area contributed by atoms with Crippen LogP contribution >= 0.6 is 12.6 Å². The van der Waals surface area contributed by atoms with Gasteiger partial charge in [0, 0.05) is 28.4 Å². The van der Waals surface area contributed by atoms with Gasteiger partial charge < -0.3 is 4.57 Å². The topological polar surface area (TPSA) is 28.7 Å². The Morgan fingerprint density at radius 1 is 1.40 bits per heavy atom. The number of nitrogens with zero attached hydrogens (tertiary/aromatic N) is 2. The van der Waals surface area contributed by atoms with Crippen LogP contribution in [0, 0.1) is 18.3 Å². The van der Waals surface area contributed by atoms with Crippen molar-refractivity contribution >= 4 is 23.5 Å². The summed E-state index contributed by atoms with van der Waals surface area (Å²) in [7, 11) is 0. The fourth-order valence-corrected chi connectivity index (χ4v) is 2.66. The zero-order valence-corrected chi connectivity index (χ0v) is 11.9. The largest absolute Gasteiger partial charge is 0.418 e. The molecular formula is C14H13F3N2S. The molecule has 1 unspecified atom stereocenters. The SMILES string of the molecule is Cc1cc2c(C(F)(F)F)c(C#N)ccc2n1C(C)CS. The molecule has 1 heterocycles. The van der Waals surface area contributed by atoms with E-state index in [2.05, 4.69) is 12.6 Å². The van der Waals surface area contributed by atoms with E-state index in [4.69, 9.17) is 5.26 Å². The van der Waals surface area contributed by atoms with Gasteiger partial charge in [-0.1, -0.05) is 0 Å². The highest BCUT2D eigenvalue weighted by Gasteiger charge is 2.36. The summed E-state index contributed by atoms with van der Waals surface area (Å²) in [6.07, 6.45) is -4.55. The molecule has 0 aliphatic heterocycles. The second-order valence-electron chi connectivity index (χ2n) is 4.72. The van der Waals surface area contributed by atoms with Crippen LogP contribution in [0.3, 0.4) is 0 Å². The first-order valence-electron chi connectivity index (χ1n) is 6.04. The fourth-order valence-electron chi connectivity index (χ4n) is 2.50. The van der Waals surface area contributed by atoms with E-state index in [1.54, 1.807) is 19.1 Å². The maximum atomic E-state index is 13.2. The van der Waals surface area contributed by atoms with Crippen molar-refractivity contribution in [2.75, 3.05) is 5.75 Å². The van der Waals surface area contributed by atoms with Crippen molar-refractivity contribution in [3.63, 3.8) is 0 Å². The molecule has 2 aromatic rings. The average Bonchev–Trinajstić information content (AvgIpc) is 2.70. The van der Waals surface area contributed by atoms with Crippen molar-refractivity contribution in [1.82, 2.24) is 4.57 Å². The number of thiol groups is 1. The molecule has 0 saturated heterocycles. The third-order valence-electron chi connectivity index (χ3n) is 3.32. The molecule has 0 fully saturated rings. The second kappa shape index (κ2) is 5.06. The lowest BCUT2D eigenvalue weighted by atomic mass is 10.0. The monoisotopic (exact) mass is 298 g/mol. The Balaban J connectivity index is 2.88. The molecule has 1 aromatic carbocycles. The smallest absolute Gasteiger partial charge is 0.341 e. The van der Waals surface area contributed by atoms with E-state index in [9.17, 15) is 13.2 Å². The summed E-state index contributed by atoms with van der Waals surface area (Å²) in [6.45, 7) is 3.65. The van der Waals surface area contributed by atoms with Gasteiger partial charge in [-0.25, -0.2) is 0 Å². The number of fused-ring (bicyclic) bond motifs is 1. The fraction of sp³-hybridized carbons (Fsp3) is 0.357. The molecule has 20 heavy (non-hydrogen) atoms. The average molecular weight is 298 g/mol. The number of nitriles is 1. The standard InChI is InChI=1S/C14H13F3N2S/c1-8-5-11-12(19(8)9(2)7-20)4-3-10(6-18)13(11)14(15,16)17/h3-5,9,20H,7H2,1-2H3. The molecule has 2 rings (SSSR count). The third-order valence-corrected chi connectivity index (χ3v) is 3.85. The van der Waals surface area contributed by atoms with Crippen molar-refractivity contribution in [3.05, 3.63) is 35.0 Å². The van der Waals surface area contributed by atoms with E-state index < -0.39 is 11.7 Å². The lowest BCUT2D eigenvalue weighted by Gasteiger charge is -2.16. The van der Waals surface area contributed by atoms with Crippen LogP contribution in [0.5, 0.6) is 0 Å². The molecule has 0 aliphatic rings. The first-order valence-corrected chi connectivity index (χ1v) is 6.67. The van der Waals surface area contributed by atoms with Crippen LogP contribution in [0.2, 0.25) is 0 Å². The number of halogens is 3. The molecule has 2 nitrogen and oxygen atoms in total. The number of alkyl halides is 3. The van der Waals surface area contributed by atoms with E-state index in [-0.39, 0.29) is 17.0 Å². The second-order valence-corrected chi connectivity index (χ2v) is 5.08. The zero-order valence-electron chi connectivity index (χ0n) is 11.0. The van der Waals surface area contributed by atoms with Crippen LogP contribution in [0.15, 0.2) is 18.2 Å². The Bertz CT molecular complexity index is 695. The molecule has 1 atom stereocenters. The quantitative estimate of drug-likeness (QED) is 0.821. The van der Waals surface area contributed by atoms with Gasteiger partial charge in [0.1, 0.15) is 0 Å². The number of aryl methyl sites for hydroxylation is 1. The Morgan fingerprint density at radius 3 is 2.55 bits per heavy atom. The van der Waals surface area contributed by atoms with Gasteiger partial charge in [-0.2, -0.15) is 31.1 Å². The molecule has 0 bridgehead atoms. The molecular weight excluding hydrogens is 285 g/mol. The predicted octanol–water partition coefficient (Wildman–Crippen LogP) is 4.33. The lowest BCUT2D eigenvalue weighted by Crippen LogP contribution is -2.10. The van der Waals surface area contributed by atoms with Crippen molar-refractivity contribution in [1.29, 1.82) is 5.26 Å². The van der Waals surface area contributed by atoms with E-state index in [0.29, 0.717) is 11.3 Å². The summed E-state index contributed by atoms with van der Waals surface area (Å²) < 4.78 is 41.5. The van der Waals surface area contributed by atoms with Gasteiger partial charge in [0.25, 0.3) is 0 Å². The van der Waals surface area contributed by atoms with Gasteiger partial charge in [0.2, 0.25) is 0 Å². The molecule has 0 amide bonds. The highest BCUT2D eigenvalue weighted by Crippen LogP contribution is 2.39. The lowest BCUT2D eigenvalue weighted by molar-refractivity contribution is -0.136. The summed E-state index contributed by atoms with van der Waals surface area (Å²) in [5.74, 6) is 0.520. The van der Waals surface area contributed by atoms with Crippen LogP contribution in [0.4, 0.5) is 13.2 Å². The molecule has 106 valence electrons. The number of hydrogen-bond acceptors (Lipinski definition) is 2. The molecule has 0 saturated carbocycles. The molecule has 0 spiro atoms. The van der Waals surface area contributed by atoms with Crippen LogP contribution < -0.4 is 0 Å². The van der Waals surface area contributed by atoms with Gasteiger partial charge in [-0.15, -0.1) is 0 Å². The van der Waals surface area contributed by atoms with Gasteiger partial charge in [0.15, 0.2) is 0 Å². The summed E-state index contributed by atoms with van der Waals surface area (Å²) in [6, 6.07) is 5.88. The summed E-state index contributed by atoms with van der Waals surface area (Å²) >= 11 is 4.20. The van der Waals surface area contributed by atoms with E-state index in [1.165, 1.54) is 12.1 Å². The summed E-state index contributed by atoms with van der Waals surface area (Å²) in [5.41, 5.74) is 0.00362. The Hall–Kier alpha value is -1.61. The first kappa shape index (κ1) is 14.8. The van der Waals surface area contributed by atoms with Crippen molar-refractivity contribution in [3.8, 4) is 6.07 Å². The van der Waals surface area contributed by atoms with Gasteiger partial charge in [-0.3, -0.25) is 0 Å².